The molecule has 0 saturated heterocycles. The number of carbonyl (C=O) groups is 1. The Bertz CT molecular complexity index is 615. The van der Waals surface area contributed by atoms with Crippen LogP contribution in [-0.2, 0) is 10.2 Å². The van der Waals surface area contributed by atoms with Crippen LogP contribution in [-0.4, -0.2) is 18.0 Å². The molecule has 4 rings (SSSR count). The van der Waals surface area contributed by atoms with E-state index in [1.54, 1.807) is 12.1 Å². The standard InChI is InChI=1S/C21H29FN2O.ClH/c22-17-8-6-16(7-9-17)21(10-1-2-11-21)20(25)24-19-14-4-3-5-15(19)13-18(23)12-14;/h6-9,14-15,18-19H,1-5,10-13,23H2,(H,24,25);1H. The summed E-state index contributed by atoms with van der Waals surface area (Å²) in [6.07, 6.45) is 9.55. The molecule has 0 aliphatic heterocycles. The second-order valence-electron chi connectivity index (χ2n) is 8.48. The van der Waals surface area contributed by atoms with Gasteiger partial charge in [0.2, 0.25) is 5.91 Å². The summed E-state index contributed by atoms with van der Waals surface area (Å²) in [4.78, 5) is 13.4. The Balaban J connectivity index is 0.00000196. The zero-order chi connectivity index (χ0) is 17.4. The van der Waals surface area contributed by atoms with Crippen molar-refractivity contribution in [1.29, 1.82) is 0 Å². The minimum absolute atomic E-state index is 0. The molecular formula is C21H30ClFN2O. The highest BCUT2D eigenvalue weighted by Crippen LogP contribution is 2.44. The Morgan fingerprint density at radius 1 is 1.04 bits per heavy atom. The average molecular weight is 381 g/mol. The number of hydrogen-bond donors (Lipinski definition) is 2. The Morgan fingerprint density at radius 3 is 2.19 bits per heavy atom. The maximum atomic E-state index is 13.4. The van der Waals surface area contributed by atoms with Crippen molar-refractivity contribution in [2.45, 2.75) is 75.3 Å². The fourth-order valence-electron chi connectivity index (χ4n) is 5.71. The van der Waals surface area contributed by atoms with E-state index in [2.05, 4.69) is 5.32 Å². The summed E-state index contributed by atoms with van der Waals surface area (Å²) in [6, 6.07) is 7.14. The van der Waals surface area contributed by atoms with Gasteiger partial charge in [-0.1, -0.05) is 31.4 Å². The molecule has 26 heavy (non-hydrogen) atoms. The van der Waals surface area contributed by atoms with Gasteiger partial charge in [0.25, 0.3) is 0 Å². The molecule has 1 aromatic rings. The van der Waals surface area contributed by atoms with E-state index in [1.165, 1.54) is 31.4 Å². The van der Waals surface area contributed by atoms with E-state index < -0.39 is 5.41 Å². The Hall–Kier alpha value is -1.13. The second kappa shape index (κ2) is 7.85. The van der Waals surface area contributed by atoms with Crippen LogP contribution in [0.4, 0.5) is 4.39 Å². The van der Waals surface area contributed by atoms with Crippen molar-refractivity contribution >= 4 is 18.3 Å². The molecule has 1 amide bonds. The van der Waals surface area contributed by atoms with Gasteiger partial charge in [0.1, 0.15) is 5.82 Å². The van der Waals surface area contributed by atoms with E-state index in [0.717, 1.165) is 44.1 Å². The first-order valence-corrected chi connectivity index (χ1v) is 9.91. The van der Waals surface area contributed by atoms with Gasteiger partial charge in [-0.2, -0.15) is 0 Å². The quantitative estimate of drug-likeness (QED) is 0.830. The lowest BCUT2D eigenvalue weighted by Crippen LogP contribution is -2.57. The number of benzene rings is 1. The summed E-state index contributed by atoms with van der Waals surface area (Å²) < 4.78 is 13.4. The maximum absolute atomic E-state index is 13.4. The third-order valence-corrected chi connectivity index (χ3v) is 6.96. The smallest absolute Gasteiger partial charge is 0.230 e. The minimum atomic E-state index is -0.471. The van der Waals surface area contributed by atoms with Crippen LogP contribution in [0.15, 0.2) is 24.3 Å². The summed E-state index contributed by atoms with van der Waals surface area (Å²) in [6.45, 7) is 0. The highest BCUT2D eigenvalue weighted by molar-refractivity contribution is 5.89. The molecule has 3 fully saturated rings. The van der Waals surface area contributed by atoms with Crippen molar-refractivity contribution in [3.05, 3.63) is 35.6 Å². The van der Waals surface area contributed by atoms with Gasteiger partial charge in [0.05, 0.1) is 5.41 Å². The summed E-state index contributed by atoms with van der Waals surface area (Å²) in [5.74, 6) is 0.971. The van der Waals surface area contributed by atoms with Crippen LogP contribution in [0.3, 0.4) is 0 Å². The lowest BCUT2D eigenvalue weighted by atomic mass is 9.66. The van der Waals surface area contributed by atoms with E-state index in [4.69, 9.17) is 5.73 Å². The number of amides is 1. The lowest BCUT2D eigenvalue weighted by Gasteiger charge is -2.46. The van der Waals surface area contributed by atoms with Crippen LogP contribution in [0.5, 0.6) is 0 Å². The van der Waals surface area contributed by atoms with Crippen LogP contribution in [0, 0.1) is 17.7 Å². The molecule has 0 heterocycles. The molecule has 0 spiro atoms. The Morgan fingerprint density at radius 2 is 1.62 bits per heavy atom. The molecule has 3 aliphatic carbocycles. The molecule has 144 valence electrons. The van der Waals surface area contributed by atoms with Gasteiger partial charge in [-0.05, 0) is 68.1 Å². The number of fused-ring (bicyclic) bond motifs is 2. The maximum Gasteiger partial charge on any atom is 0.230 e. The lowest BCUT2D eigenvalue weighted by molar-refractivity contribution is -0.129. The Labute approximate surface area is 161 Å². The first kappa shape index (κ1) is 19.6. The molecule has 3 aliphatic rings. The summed E-state index contributed by atoms with van der Waals surface area (Å²) in [7, 11) is 0. The van der Waals surface area contributed by atoms with Crippen LogP contribution < -0.4 is 11.1 Å². The van der Waals surface area contributed by atoms with Gasteiger partial charge in [0, 0.05) is 12.1 Å². The molecule has 2 atom stereocenters. The number of carbonyl (C=O) groups excluding carboxylic acids is 1. The van der Waals surface area contributed by atoms with Crippen molar-refractivity contribution in [1.82, 2.24) is 5.32 Å². The summed E-state index contributed by atoms with van der Waals surface area (Å²) >= 11 is 0. The third-order valence-electron chi connectivity index (χ3n) is 6.96. The van der Waals surface area contributed by atoms with E-state index in [9.17, 15) is 9.18 Å². The van der Waals surface area contributed by atoms with Crippen LogP contribution in [0.25, 0.3) is 0 Å². The van der Waals surface area contributed by atoms with Crippen LogP contribution in [0.1, 0.15) is 63.4 Å². The summed E-state index contributed by atoms with van der Waals surface area (Å²) in [5.41, 5.74) is 6.73. The summed E-state index contributed by atoms with van der Waals surface area (Å²) in [5, 5.41) is 3.45. The van der Waals surface area contributed by atoms with Gasteiger partial charge in [0.15, 0.2) is 0 Å². The molecule has 3 saturated carbocycles. The van der Waals surface area contributed by atoms with Crippen molar-refractivity contribution in [3.8, 4) is 0 Å². The van der Waals surface area contributed by atoms with Crippen molar-refractivity contribution in [3.63, 3.8) is 0 Å². The minimum Gasteiger partial charge on any atom is -0.352 e. The normalized spacial score (nSPS) is 32.5. The second-order valence-corrected chi connectivity index (χ2v) is 8.48. The number of nitrogens with two attached hydrogens (primary N) is 1. The monoisotopic (exact) mass is 380 g/mol. The SMILES string of the molecule is Cl.NC1CC2CCCC(C1)C2NC(=O)C1(c2ccc(F)cc2)CCCC1. The topological polar surface area (TPSA) is 55.1 Å². The highest BCUT2D eigenvalue weighted by atomic mass is 35.5. The molecule has 0 aromatic heterocycles. The number of halogens is 2. The predicted octanol–water partition coefficient (Wildman–Crippen LogP) is 4.08. The molecular weight excluding hydrogens is 351 g/mol. The largest absolute Gasteiger partial charge is 0.352 e. The Kier molecular flexibility index (Phi) is 5.93. The van der Waals surface area contributed by atoms with Crippen LogP contribution in [0.2, 0.25) is 0 Å². The highest BCUT2D eigenvalue weighted by Gasteiger charge is 2.46. The average Bonchev–Trinajstić information content (AvgIpc) is 3.07. The molecule has 3 nitrogen and oxygen atoms in total. The zero-order valence-electron chi connectivity index (χ0n) is 15.3. The van der Waals surface area contributed by atoms with E-state index in [0.29, 0.717) is 17.9 Å². The van der Waals surface area contributed by atoms with E-state index >= 15 is 0 Å². The van der Waals surface area contributed by atoms with Gasteiger partial charge in [-0.3, -0.25) is 4.79 Å². The molecule has 5 heteroatoms. The number of nitrogens with one attached hydrogen (secondary N) is 1. The van der Waals surface area contributed by atoms with E-state index in [1.807, 2.05) is 0 Å². The molecule has 2 bridgehead atoms. The fraction of sp³-hybridized carbons (Fsp3) is 0.667. The first-order chi connectivity index (χ1) is 12.1. The molecule has 1 aromatic carbocycles. The van der Waals surface area contributed by atoms with Gasteiger partial charge >= 0.3 is 0 Å². The molecule has 2 unspecified atom stereocenters. The van der Waals surface area contributed by atoms with Crippen molar-refractivity contribution in [2.24, 2.45) is 17.6 Å². The zero-order valence-corrected chi connectivity index (χ0v) is 16.1. The van der Waals surface area contributed by atoms with Crippen LogP contribution >= 0.6 is 12.4 Å². The first-order valence-electron chi connectivity index (χ1n) is 9.91. The third kappa shape index (κ3) is 3.50. The van der Waals surface area contributed by atoms with Crippen molar-refractivity contribution < 1.29 is 9.18 Å². The molecule has 0 radical (unpaired) electrons. The fourth-order valence-corrected chi connectivity index (χ4v) is 5.71. The number of rotatable bonds is 3. The predicted molar refractivity (Wildman–Crippen MR) is 104 cm³/mol. The molecule has 3 N–H and O–H groups in total. The number of hydrogen-bond acceptors (Lipinski definition) is 2. The van der Waals surface area contributed by atoms with Gasteiger partial charge < -0.3 is 11.1 Å². The van der Waals surface area contributed by atoms with Gasteiger partial charge in [-0.25, -0.2) is 4.39 Å². The van der Waals surface area contributed by atoms with E-state index in [-0.39, 0.29) is 30.2 Å². The van der Waals surface area contributed by atoms with Gasteiger partial charge in [-0.15, -0.1) is 12.4 Å². The van der Waals surface area contributed by atoms with Crippen molar-refractivity contribution in [2.75, 3.05) is 0 Å².